The van der Waals surface area contributed by atoms with Crippen LogP contribution in [0.4, 0.5) is 11.4 Å². The Hall–Kier alpha value is -1.55. The first kappa shape index (κ1) is 15.5. The highest BCUT2D eigenvalue weighted by Gasteiger charge is 2.14. The van der Waals surface area contributed by atoms with Gasteiger partial charge in [-0.25, -0.2) is 0 Å². The first-order chi connectivity index (χ1) is 8.95. The van der Waals surface area contributed by atoms with Gasteiger partial charge in [0.2, 0.25) is 0 Å². The molecular formula is C15H24N2O2. The second-order valence-electron chi connectivity index (χ2n) is 5.01. The van der Waals surface area contributed by atoms with Crippen molar-refractivity contribution < 1.29 is 9.53 Å². The predicted octanol–water partition coefficient (Wildman–Crippen LogP) is 2.94. The van der Waals surface area contributed by atoms with E-state index in [0.29, 0.717) is 30.4 Å². The Morgan fingerprint density at radius 1 is 1.42 bits per heavy atom. The number of anilines is 2. The quantitative estimate of drug-likeness (QED) is 0.587. The molecule has 1 rings (SSSR count). The lowest BCUT2D eigenvalue weighted by Crippen LogP contribution is -2.31. The van der Waals surface area contributed by atoms with E-state index >= 15 is 0 Å². The minimum atomic E-state index is -0.0212. The highest BCUT2D eigenvalue weighted by atomic mass is 16.5. The van der Waals surface area contributed by atoms with Crippen molar-refractivity contribution in [3.8, 4) is 0 Å². The topological polar surface area (TPSA) is 64.3 Å². The molecule has 1 aromatic rings. The molecule has 4 heteroatoms. The zero-order chi connectivity index (χ0) is 14.4. The van der Waals surface area contributed by atoms with E-state index in [2.05, 4.69) is 19.2 Å². The van der Waals surface area contributed by atoms with Gasteiger partial charge in [-0.3, -0.25) is 4.79 Å². The van der Waals surface area contributed by atoms with Crippen LogP contribution in [-0.4, -0.2) is 25.0 Å². The average Bonchev–Trinajstić information content (AvgIpc) is 2.35. The van der Waals surface area contributed by atoms with Crippen LogP contribution in [0.15, 0.2) is 18.2 Å². The molecule has 1 atom stereocenters. The van der Waals surface area contributed by atoms with Crippen LogP contribution in [0.1, 0.15) is 38.1 Å². The predicted molar refractivity (Wildman–Crippen MR) is 79.6 cm³/mol. The van der Waals surface area contributed by atoms with Crippen LogP contribution in [0.5, 0.6) is 0 Å². The van der Waals surface area contributed by atoms with Crippen LogP contribution in [-0.2, 0) is 4.74 Å². The van der Waals surface area contributed by atoms with Crippen LogP contribution in [0.25, 0.3) is 0 Å². The lowest BCUT2D eigenvalue weighted by atomic mass is 10.0. The maximum atomic E-state index is 11.5. The molecule has 0 aromatic heterocycles. The Kier molecular flexibility index (Phi) is 5.83. The maximum Gasteiger partial charge on any atom is 0.161 e. The van der Waals surface area contributed by atoms with Crippen LogP contribution in [0.3, 0.4) is 0 Å². The normalized spacial score (nSPS) is 12.5. The van der Waals surface area contributed by atoms with Gasteiger partial charge in [-0.2, -0.15) is 0 Å². The summed E-state index contributed by atoms with van der Waals surface area (Å²) in [5.74, 6) is 0.414. The Bertz CT molecular complexity index is 430. The number of benzene rings is 1. The van der Waals surface area contributed by atoms with Crippen molar-refractivity contribution in [3.05, 3.63) is 23.8 Å². The fourth-order valence-corrected chi connectivity index (χ4v) is 1.81. The number of nitrogens with one attached hydrogen (secondary N) is 1. The summed E-state index contributed by atoms with van der Waals surface area (Å²) in [5.41, 5.74) is 7.77. The third-order valence-electron chi connectivity index (χ3n) is 3.09. The third-order valence-corrected chi connectivity index (χ3v) is 3.09. The molecule has 0 saturated carbocycles. The van der Waals surface area contributed by atoms with Crippen molar-refractivity contribution in [1.29, 1.82) is 0 Å². The highest BCUT2D eigenvalue weighted by Crippen LogP contribution is 2.20. The van der Waals surface area contributed by atoms with Crippen LogP contribution < -0.4 is 11.1 Å². The molecule has 0 amide bonds. The minimum Gasteiger partial charge on any atom is -0.398 e. The number of ether oxygens (including phenoxy) is 1. The van der Waals surface area contributed by atoms with Gasteiger partial charge in [0.1, 0.15) is 0 Å². The summed E-state index contributed by atoms with van der Waals surface area (Å²) in [4.78, 5) is 11.5. The Labute approximate surface area is 115 Å². The highest BCUT2D eigenvalue weighted by molar-refractivity contribution is 6.00. The number of carbonyl (C=O) groups is 1. The van der Waals surface area contributed by atoms with Gasteiger partial charge in [0, 0.05) is 23.5 Å². The number of Topliss-reactive ketones (excluding diaryl/α,β-unsaturated/α-hetero) is 1. The molecule has 0 aliphatic rings. The van der Waals surface area contributed by atoms with Gasteiger partial charge in [-0.1, -0.05) is 13.8 Å². The molecule has 3 N–H and O–H groups in total. The molecule has 106 valence electrons. The standard InChI is InChI=1S/C15H24N2O2/c1-5-19-9-15(10(2)3)17-12-6-7-14(16)13(8-12)11(4)18/h6-8,10,15,17H,5,9,16H2,1-4H3. The molecule has 0 heterocycles. The number of carbonyl (C=O) groups excluding carboxylic acids is 1. The molecule has 1 aromatic carbocycles. The summed E-state index contributed by atoms with van der Waals surface area (Å²) in [6.45, 7) is 9.13. The Morgan fingerprint density at radius 2 is 2.11 bits per heavy atom. The lowest BCUT2D eigenvalue weighted by molar-refractivity contribution is 0.101. The van der Waals surface area contributed by atoms with Gasteiger partial charge < -0.3 is 15.8 Å². The number of nitrogen functional groups attached to an aromatic ring is 1. The molecule has 0 fully saturated rings. The molecule has 1 unspecified atom stereocenters. The molecule has 0 radical (unpaired) electrons. The van der Waals surface area contributed by atoms with E-state index in [9.17, 15) is 4.79 Å². The Morgan fingerprint density at radius 3 is 2.63 bits per heavy atom. The van der Waals surface area contributed by atoms with E-state index in [1.807, 2.05) is 13.0 Å². The van der Waals surface area contributed by atoms with Crippen molar-refractivity contribution in [2.45, 2.75) is 33.7 Å². The second-order valence-corrected chi connectivity index (χ2v) is 5.01. The third kappa shape index (κ3) is 4.56. The first-order valence-electron chi connectivity index (χ1n) is 6.70. The zero-order valence-electron chi connectivity index (χ0n) is 12.2. The van der Waals surface area contributed by atoms with E-state index in [1.165, 1.54) is 6.92 Å². The SMILES string of the molecule is CCOCC(Nc1ccc(N)c(C(C)=O)c1)C(C)C. The van der Waals surface area contributed by atoms with Crippen LogP contribution >= 0.6 is 0 Å². The number of rotatable bonds is 7. The largest absolute Gasteiger partial charge is 0.398 e. The van der Waals surface area contributed by atoms with E-state index in [4.69, 9.17) is 10.5 Å². The number of hydrogen-bond acceptors (Lipinski definition) is 4. The maximum absolute atomic E-state index is 11.5. The van der Waals surface area contributed by atoms with E-state index in [1.54, 1.807) is 12.1 Å². The summed E-state index contributed by atoms with van der Waals surface area (Å²) in [6.07, 6.45) is 0. The molecular weight excluding hydrogens is 240 g/mol. The fourth-order valence-electron chi connectivity index (χ4n) is 1.81. The van der Waals surface area contributed by atoms with E-state index in [0.717, 1.165) is 5.69 Å². The van der Waals surface area contributed by atoms with E-state index in [-0.39, 0.29) is 11.8 Å². The number of nitrogens with two attached hydrogens (primary N) is 1. The molecule has 0 aliphatic heterocycles. The van der Waals surface area contributed by atoms with E-state index < -0.39 is 0 Å². The van der Waals surface area contributed by atoms with Crippen LogP contribution in [0.2, 0.25) is 0 Å². The average molecular weight is 264 g/mol. The molecule has 0 bridgehead atoms. The fraction of sp³-hybridized carbons (Fsp3) is 0.533. The Balaban J connectivity index is 2.84. The lowest BCUT2D eigenvalue weighted by Gasteiger charge is -2.23. The first-order valence-corrected chi connectivity index (χ1v) is 6.70. The monoisotopic (exact) mass is 264 g/mol. The minimum absolute atomic E-state index is 0.0212. The number of hydrogen-bond donors (Lipinski definition) is 2. The summed E-state index contributed by atoms with van der Waals surface area (Å²) >= 11 is 0. The number of ketones is 1. The van der Waals surface area contributed by atoms with Gasteiger partial charge in [0.15, 0.2) is 5.78 Å². The van der Waals surface area contributed by atoms with Gasteiger partial charge in [-0.15, -0.1) is 0 Å². The van der Waals surface area contributed by atoms with Crippen molar-refractivity contribution >= 4 is 17.2 Å². The molecule has 0 spiro atoms. The zero-order valence-corrected chi connectivity index (χ0v) is 12.2. The second kappa shape index (κ2) is 7.14. The van der Waals surface area contributed by atoms with Crippen molar-refractivity contribution in [1.82, 2.24) is 0 Å². The molecule has 0 saturated heterocycles. The molecule has 19 heavy (non-hydrogen) atoms. The van der Waals surface area contributed by atoms with Gasteiger partial charge >= 0.3 is 0 Å². The van der Waals surface area contributed by atoms with Crippen LogP contribution in [0, 0.1) is 5.92 Å². The summed E-state index contributed by atoms with van der Waals surface area (Å²) in [5, 5.41) is 3.40. The van der Waals surface area contributed by atoms with Crippen molar-refractivity contribution in [2.75, 3.05) is 24.3 Å². The summed E-state index contributed by atoms with van der Waals surface area (Å²) in [7, 11) is 0. The molecule has 0 aliphatic carbocycles. The van der Waals surface area contributed by atoms with Gasteiger partial charge in [0.05, 0.1) is 12.6 Å². The van der Waals surface area contributed by atoms with Crippen molar-refractivity contribution in [2.24, 2.45) is 5.92 Å². The van der Waals surface area contributed by atoms with Gasteiger partial charge in [0.25, 0.3) is 0 Å². The van der Waals surface area contributed by atoms with Gasteiger partial charge in [-0.05, 0) is 38.0 Å². The summed E-state index contributed by atoms with van der Waals surface area (Å²) in [6, 6.07) is 5.67. The molecule has 4 nitrogen and oxygen atoms in total. The smallest absolute Gasteiger partial charge is 0.161 e. The van der Waals surface area contributed by atoms with Crippen molar-refractivity contribution in [3.63, 3.8) is 0 Å². The summed E-state index contributed by atoms with van der Waals surface area (Å²) < 4.78 is 5.48.